The number of aromatic hydroxyl groups is 1. The van der Waals surface area contributed by atoms with Gasteiger partial charge in [-0.3, -0.25) is 0 Å². The van der Waals surface area contributed by atoms with E-state index in [0.717, 1.165) is 5.56 Å². The molecular formula is C11H12Br2N2O. The number of hydrogen-bond acceptors (Lipinski definition) is 3. The minimum absolute atomic E-state index is 0.00370. The molecule has 0 fully saturated rings. The van der Waals surface area contributed by atoms with E-state index in [0.29, 0.717) is 22.0 Å². The average molecular weight is 348 g/mol. The van der Waals surface area contributed by atoms with Crippen LogP contribution in [0.4, 0.5) is 0 Å². The van der Waals surface area contributed by atoms with Crippen molar-refractivity contribution in [3.63, 3.8) is 0 Å². The van der Waals surface area contributed by atoms with E-state index < -0.39 is 0 Å². The molecule has 1 unspecified atom stereocenters. The number of halogens is 2. The molecule has 86 valence electrons. The van der Waals surface area contributed by atoms with Gasteiger partial charge >= 0.3 is 0 Å². The van der Waals surface area contributed by atoms with E-state index in [1.165, 1.54) is 0 Å². The molecular weight excluding hydrogens is 336 g/mol. The maximum Gasteiger partial charge on any atom is 0.143 e. The first kappa shape index (κ1) is 13.5. The van der Waals surface area contributed by atoms with Gasteiger partial charge in [-0.15, -0.1) is 0 Å². The maximum atomic E-state index is 9.53. The Kier molecular flexibility index (Phi) is 5.26. The second-order valence-corrected chi connectivity index (χ2v) is 5.28. The van der Waals surface area contributed by atoms with Crippen molar-refractivity contribution >= 4 is 31.9 Å². The van der Waals surface area contributed by atoms with Crippen LogP contribution in [0.3, 0.4) is 0 Å². The summed E-state index contributed by atoms with van der Waals surface area (Å²) in [5, 5.41) is 21.3. The fourth-order valence-electron chi connectivity index (χ4n) is 1.20. The van der Waals surface area contributed by atoms with E-state index in [2.05, 4.69) is 43.2 Å². The molecule has 0 aromatic heterocycles. The molecule has 0 radical (unpaired) electrons. The van der Waals surface area contributed by atoms with Gasteiger partial charge < -0.3 is 10.4 Å². The number of phenols is 1. The van der Waals surface area contributed by atoms with E-state index in [1.807, 2.05) is 19.1 Å². The summed E-state index contributed by atoms with van der Waals surface area (Å²) in [6.07, 6.45) is 0. The van der Waals surface area contributed by atoms with Gasteiger partial charge in [0.25, 0.3) is 0 Å². The summed E-state index contributed by atoms with van der Waals surface area (Å²) in [6.45, 7) is 3.20. The lowest BCUT2D eigenvalue weighted by molar-refractivity contribution is 0.468. The molecule has 1 aromatic rings. The topological polar surface area (TPSA) is 56.0 Å². The number of nitrogens with zero attached hydrogens (tertiary/aromatic N) is 1. The summed E-state index contributed by atoms with van der Waals surface area (Å²) in [5.74, 6) is 0.207. The van der Waals surface area contributed by atoms with Crippen LogP contribution in [0.2, 0.25) is 0 Å². The molecule has 2 N–H and O–H groups in total. The Labute approximate surface area is 112 Å². The molecule has 0 saturated carbocycles. The predicted octanol–water partition coefficient (Wildman–Crippen LogP) is 3.17. The van der Waals surface area contributed by atoms with Crippen LogP contribution in [0.1, 0.15) is 12.5 Å². The normalized spacial score (nSPS) is 12.1. The number of hydrogen-bond donors (Lipinski definition) is 2. The number of phenolic OH excluding ortho intramolecular Hbond substituents is 1. The monoisotopic (exact) mass is 346 g/mol. The zero-order valence-electron chi connectivity index (χ0n) is 8.80. The van der Waals surface area contributed by atoms with E-state index in [1.54, 1.807) is 0 Å². The highest BCUT2D eigenvalue weighted by Crippen LogP contribution is 2.33. The lowest BCUT2D eigenvalue weighted by Crippen LogP contribution is -2.19. The van der Waals surface area contributed by atoms with Crippen molar-refractivity contribution in [2.75, 3.05) is 6.54 Å². The molecule has 0 aliphatic carbocycles. The third-order valence-electron chi connectivity index (χ3n) is 2.08. The number of nitriles is 1. The summed E-state index contributed by atoms with van der Waals surface area (Å²) < 4.78 is 1.32. The van der Waals surface area contributed by atoms with Crippen molar-refractivity contribution in [1.82, 2.24) is 5.32 Å². The lowest BCUT2D eigenvalue weighted by atomic mass is 10.2. The van der Waals surface area contributed by atoms with Crippen molar-refractivity contribution < 1.29 is 5.11 Å². The number of nitrogens with one attached hydrogen (secondary N) is 1. The largest absolute Gasteiger partial charge is 0.506 e. The van der Waals surface area contributed by atoms with Crippen LogP contribution < -0.4 is 5.32 Å². The Balaban J connectivity index is 2.59. The van der Waals surface area contributed by atoms with Gasteiger partial charge in [0, 0.05) is 13.1 Å². The summed E-state index contributed by atoms with van der Waals surface area (Å²) >= 11 is 6.54. The smallest absolute Gasteiger partial charge is 0.143 e. The highest BCUT2D eigenvalue weighted by atomic mass is 79.9. The Bertz CT molecular complexity index is 392. The minimum atomic E-state index is 0.00370. The van der Waals surface area contributed by atoms with Gasteiger partial charge in [0.1, 0.15) is 5.75 Å². The van der Waals surface area contributed by atoms with Crippen LogP contribution in [0.15, 0.2) is 21.1 Å². The Morgan fingerprint density at radius 3 is 2.50 bits per heavy atom. The van der Waals surface area contributed by atoms with E-state index in [4.69, 9.17) is 5.26 Å². The van der Waals surface area contributed by atoms with Crippen molar-refractivity contribution in [1.29, 1.82) is 5.26 Å². The fraction of sp³-hybridized carbons (Fsp3) is 0.364. The molecule has 5 heteroatoms. The highest BCUT2D eigenvalue weighted by molar-refractivity contribution is 9.11. The van der Waals surface area contributed by atoms with Gasteiger partial charge in [-0.1, -0.05) is 0 Å². The molecule has 1 aromatic carbocycles. The molecule has 0 amide bonds. The van der Waals surface area contributed by atoms with Gasteiger partial charge in [-0.2, -0.15) is 5.26 Å². The van der Waals surface area contributed by atoms with Crippen LogP contribution in [-0.2, 0) is 6.54 Å². The van der Waals surface area contributed by atoms with Crippen LogP contribution >= 0.6 is 31.9 Å². The molecule has 0 aliphatic rings. The third-order valence-corrected chi connectivity index (χ3v) is 3.29. The molecule has 0 heterocycles. The van der Waals surface area contributed by atoms with Crippen LogP contribution in [0.5, 0.6) is 5.75 Å². The van der Waals surface area contributed by atoms with Crippen molar-refractivity contribution in [2.45, 2.75) is 13.5 Å². The second kappa shape index (κ2) is 6.24. The average Bonchev–Trinajstić information content (AvgIpc) is 2.25. The maximum absolute atomic E-state index is 9.53. The first-order valence-electron chi connectivity index (χ1n) is 4.81. The molecule has 1 atom stereocenters. The van der Waals surface area contributed by atoms with Gasteiger partial charge in [0.15, 0.2) is 0 Å². The molecule has 1 rings (SSSR count). The second-order valence-electron chi connectivity index (χ2n) is 3.57. The van der Waals surface area contributed by atoms with Crippen LogP contribution in [-0.4, -0.2) is 11.7 Å². The molecule has 0 bridgehead atoms. The zero-order chi connectivity index (χ0) is 12.1. The van der Waals surface area contributed by atoms with Crippen molar-refractivity contribution in [3.8, 4) is 11.8 Å². The molecule has 0 spiro atoms. The van der Waals surface area contributed by atoms with Gasteiger partial charge in [0.05, 0.1) is 20.9 Å². The zero-order valence-corrected chi connectivity index (χ0v) is 12.0. The van der Waals surface area contributed by atoms with Crippen LogP contribution in [0, 0.1) is 17.2 Å². The fourth-order valence-corrected chi connectivity index (χ4v) is 2.48. The SMILES string of the molecule is CC(C#N)CNCc1cc(Br)c(O)c(Br)c1. The van der Waals surface area contributed by atoms with Crippen LogP contribution in [0.25, 0.3) is 0 Å². The lowest BCUT2D eigenvalue weighted by Gasteiger charge is -2.08. The van der Waals surface area contributed by atoms with E-state index >= 15 is 0 Å². The summed E-state index contributed by atoms with van der Waals surface area (Å²) in [5.41, 5.74) is 1.04. The first-order chi connectivity index (χ1) is 7.54. The Morgan fingerprint density at radius 1 is 1.44 bits per heavy atom. The predicted molar refractivity (Wildman–Crippen MR) is 70.0 cm³/mol. The number of rotatable bonds is 4. The van der Waals surface area contributed by atoms with Gasteiger partial charge in [-0.05, 0) is 56.5 Å². The minimum Gasteiger partial charge on any atom is -0.506 e. The molecule has 0 aliphatic heterocycles. The first-order valence-corrected chi connectivity index (χ1v) is 6.40. The molecule has 16 heavy (non-hydrogen) atoms. The Morgan fingerprint density at radius 2 is 2.00 bits per heavy atom. The van der Waals surface area contributed by atoms with Crippen molar-refractivity contribution in [3.05, 3.63) is 26.6 Å². The summed E-state index contributed by atoms with van der Waals surface area (Å²) in [6, 6.07) is 5.86. The van der Waals surface area contributed by atoms with Crippen molar-refractivity contribution in [2.24, 2.45) is 5.92 Å². The Hall–Kier alpha value is -0.570. The van der Waals surface area contributed by atoms with E-state index in [9.17, 15) is 5.11 Å². The number of benzene rings is 1. The highest BCUT2D eigenvalue weighted by Gasteiger charge is 2.06. The molecule has 0 saturated heterocycles. The third kappa shape index (κ3) is 3.78. The van der Waals surface area contributed by atoms with E-state index in [-0.39, 0.29) is 11.7 Å². The quantitative estimate of drug-likeness (QED) is 0.879. The van der Waals surface area contributed by atoms with Gasteiger partial charge in [-0.25, -0.2) is 0 Å². The summed E-state index contributed by atoms with van der Waals surface area (Å²) in [4.78, 5) is 0. The summed E-state index contributed by atoms with van der Waals surface area (Å²) in [7, 11) is 0. The van der Waals surface area contributed by atoms with Gasteiger partial charge in [0.2, 0.25) is 0 Å². The molecule has 3 nitrogen and oxygen atoms in total. The standard InChI is InChI=1S/C11H12Br2N2O/c1-7(4-14)5-15-6-8-2-9(12)11(16)10(13)3-8/h2-3,7,15-16H,5-6H2,1H3.